The zero-order valence-electron chi connectivity index (χ0n) is 15.8. The normalized spacial score (nSPS) is 10.9. The largest absolute Gasteiger partial charge is 0.384 e. The average Bonchev–Trinajstić information content (AvgIpc) is 2.54. The number of benzene rings is 2. The third-order valence-corrected chi connectivity index (χ3v) is 3.90. The summed E-state index contributed by atoms with van der Waals surface area (Å²) in [6.45, 7) is 8.46. The van der Waals surface area contributed by atoms with Crippen LogP contribution in [0.15, 0.2) is 48.5 Å². The number of carbonyl (C=O) groups excluding carboxylic acids is 2. The van der Waals surface area contributed by atoms with Gasteiger partial charge in [0.15, 0.2) is 0 Å². The molecule has 0 saturated heterocycles. The maximum absolute atomic E-state index is 12.1. The van der Waals surface area contributed by atoms with Crippen molar-refractivity contribution >= 4 is 28.9 Å². The highest BCUT2D eigenvalue weighted by Crippen LogP contribution is 2.23. The molecule has 2 aromatic carbocycles. The summed E-state index contributed by atoms with van der Waals surface area (Å²) in [4.78, 5) is 23.2. The second-order valence-corrected chi connectivity index (χ2v) is 7.31. The summed E-state index contributed by atoms with van der Waals surface area (Å²) in [7, 11) is 0. The number of hydrogen-bond acceptors (Lipinski definition) is 3. The van der Waals surface area contributed by atoms with Gasteiger partial charge in [-0.25, -0.2) is 0 Å². The van der Waals surface area contributed by atoms with Crippen LogP contribution in [-0.4, -0.2) is 18.4 Å². The Hall–Kier alpha value is -2.82. The monoisotopic (exact) mass is 353 g/mol. The third kappa shape index (κ3) is 6.24. The Labute approximate surface area is 155 Å². The van der Waals surface area contributed by atoms with Gasteiger partial charge in [0, 0.05) is 37.0 Å². The lowest BCUT2D eigenvalue weighted by atomic mass is 9.87. The highest BCUT2D eigenvalue weighted by Gasteiger charge is 2.13. The molecule has 0 spiro atoms. The molecule has 0 aliphatic carbocycles. The average molecular weight is 353 g/mol. The summed E-state index contributed by atoms with van der Waals surface area (Å²) in [5.41, 5.74) is 3.72. The molecule has 5 nitrogen and oxygen atoms in total. The number of amides is 2. The standard InChI is InChI=1S/C21H27N3O2/c1-15(25)23-19-7-5-6-18(14-19)22-13-12-20(26)24-17-10-8-16(9-11-17)21(2,3)4/h5-11,14,22H,12-13H2,1-4H3,(H,23,25)(H,24,26). The lowest BCUT2D eigenvalue weighted by Gasteiger charge is -2.19. The van der Waals surface area contributed by atoms with Crippen LogP contribution in [0.25, 0.3) is 0 Å². The van der Waals surface area contributed by atoms with Crippen LogP contribution in [0, 0.1) is 0 Å². The van der Waals surface area contributed by atoms with Gasteiger partial charge in [0.1, 0.15) is 0 Å². The summed E-state index contributed by atoms with van der Waals surface area (Å²) in [6, 6.07) is 15.4. The fraction of sp³-hybridized carbons (Fsp3) is 0.333. The van der Waals surface area contributed by atoms with Crippen LogP contribution >= 0.6 is 0 Å². The predicted octanol–water partition coefficient (Wildman–Crippen LogP) is 4.38. The number of hydrogen-bond donors (Lipinski definition) is 3. The molecular weight excluding hydrogens is 326 g/mol. The van der Waals surface area contributed by atoms with Gasteiger partial charge in [-0.3, -0.25) is 9.59 Å². The molecule has 0 aromatic heterocycles. The molecule has 26 heavy (non-hydrogen) atoms. The molecule has 0 aliphatic heterocycles. The predicted molar refractivity (Wildman–Crippen MR) is 108 cm³/mol. The first-order valence-electron chi connectivity index (χ1n) is 8.76. The van der Waals surface area contributed by atoms with Crippen LogP contribution in [0.1, 0.15) is 39.7 Å². The van der Waals surface area contributed by atoms with Crippen LogP contribution in [0.4, 0.5) is 17.1 Å². The Morgan fingerprint density at radius 1 is 0.885 bits per heavy atom. The van der Waals surface area contributed by atoms with Gasteiger partial charge in [-0.1, -0.05) is 39.0 Å². The van der Waals surface area contributed by atoms with Crippen molar-refractivity contribution in [2.75, 3.05) is 22.5 Å². The Morgan fingerprint density at radius 2 is 1.54 bits per heavy atom. The van der Waals surface area contributed by atoms with Crippen molar-refractivity contribution in [3.63, 3.8) is 0 Å². The Morgan fingerprint density at radius 3 is 2.15 bits per heavy atom. The first-order valence-corrected chi connectivity index (χ1v) is 8.76. The molecule has 0 radical (unpaired) electrons. The van der Waals surface area contributed by atoms with Crippen molar-refractivity contribution in [3.05, 3.63) is 54.1 Å². The van der Waals surface area contributed by atoms with Gasteiger partial charge in [0.25, 0.3) is 0 Å². The Bertz CT molecular complexity index is 762. The van der Waals surface area contributed by atoms with E-state index in [1.165, 1.54) is 12.5 Å². The maximum Gasteiger partial charge on any atom is 0.226 e. The molecule has 5 heteroatoms. The molecule has 3 N–H and O–H groups in total. The number of carbonyl (C=O) groups is 2. The smallest absolute Gasteiger partial charge is 0.226 e. The van der Waals surface area contributed by atoms with E-state index in [9.17, 15) is 9.59 Å². The van der Waals surface area contributed by atoms with E-state index in [0.29, 0.717) is 13.0 Å². The first kappa shape index (κ1) is 19.5. The minimum absolute atomic E-state index is 0.0426. The van der Waals surface area contributed by atoms with Gasteiger partial charge in [-0.15, -0.1) is 0 Å². The second-order valence-electron chi connectivity index (χ2n) is 7.31. The zero-order valence-corrected chi connectivity index (χ0v) is 15.8. The van der Waals surface area contributed by atoms with Crippen molar-refractivity contribution in [1.82, 2.24) is 0 Å². The minimum atomic E-state index is -0.112. The lowest BCUT2D eigenvalue weighted by Crippen LogP contribution is -2.17. The topological polar surface area (TPSA) is 70.2 Å². The molecule has 2 amide bonds. The fourth-order valence-corrected chi connectivity index (χ4v) is 2.51. The molecule has 0 fully saturated rings. The number of rotatable bonds is 6. The minimum Gasteiger partial charge on any atom is -0.384 e. The summed E-state index contributed by atoms with van der Waals surface area (Å²) < 4.78 is 0. The summed E-state index contributed by atoms with van der Waals surface area (Å²) in [5, 5.41) is 8.83. The molecule has 0 aliphatic rings. The van der Waals surface area contributed by atoms with E-state index in [1.807, 2.05) is 48.5 Å². The second kappa shape index (κ2) is 8.52. The van der Waals surface area contributed by atoms with E-state index in [4.69, 9.17) is 0 Å². The van der Waals surface area contributed by atoms with Crippen molar-refractivity contribution < 1.29 is 9.59 Å². The van der Waals surface area contributed by atoms with Crippen molar-refractivity contribution in [2.45, 2.75) is 39.5 Å². The van der Waals surface area contributed by atoms with Crippen LogP contribution in [-0.2, 0) is 15.0 Å². The molecule has 0 unspecified atom stereocenters. The van der Waals surface area contributed by atoms with Crippen LogP contribution < -0.4 is 16.0 Å². The quantitative estimate of drug-likeness (QED) is 0.721. The van der Waals surface area contributed by atoms with Gasteiger partial charge in [0.05, 0.1) is 0 Å². The van der Waals surface area contributed by atoms with Crippen molar-refractivity contribution in [1.29, 1.82) is 0 Å². The Balaban J connectivity index is 1.81. The molecule has 0 heterocycles. The molecule has 2 aromatic rings. The molecule has 2 rings (SSSR count). The van der Waals surface area contributed by atoms with Crippen molar-refractivity contribution in [2.24, 2.45) is 0 Å². The zero-order chi connectivity index (χ0) is 19.2. The molecule has 138 valence electrons. The lowest BCUT2D eigenvalue weighted by molar-refractivity contribution is -0.116. The molecule has 0 bridgehead atoms. The van der Waals surface area contributed by atoms with E-state index in [-0.39, 0.29) is 17.2 Å². The number of nitrogens with one attached hydrogen (secondary N) is 3. The van der Waals surface area contributed by atoms with Gasteiger partial charge in [-0.05, 0) is 41.3 Å². The van der Waals surface area contributed by atoms with E-state index in [2.05, 4.69) is 36.7 Å². The van der Waals surface area contributed by atoms with Gasteiger partial charge in [-0.2, -0.15) is 0 Å². The van der Waals surface area contributed by atoms with Gasteiger partial charge in [0.2, 0.25) is 11.8 Å². The molecular formula is C21H27N3O2. The maximum atomic E-state index is 12.1. The van der Waals surface area contributed by atoms with E-state index < -0.39 is 0 Å². The highest BCUT2D eigenvalue weighted by atomic mass is 16.2. The van der Waals surface area contributed by atoms with E-state index in [1.54, 1.807) is 0 Å². The van der Waals surface area contributed by atoms with Crippen LogP contribution in [0.5, 0.6) is 0 Å². The van der Waals surface area contributed by atoms with E-state index >= 15 is 0 Å². The van der Waals surface area contributed by atoms with E-state index in [0.717, 1.165) is 17.1 Å². The first-order chi connectivity index (χ1) is 12.2. The summed E-state index contributed by atoms with van der Waals surface area (Å²) in [5.74, 6) is -0.155. The van der Waals surface area contributed by atoms with Crippen LogP contribution in [0.2, 0.25) is 0 Å². The fourth-order valence-electron chi connectivity index (χ4n) is 2.51. The highest BCUT2D eigenvalue weighted by molar-refractivity contribution is 5.91. The molecule has 0 saturated carbocycles. The molecule has 0 atom stereocenters. The SMILES string of the molecule is CC(=O)Nc1cccc(NCCC(=O)Nc2ccc(C(C)(C)C)cc2)c1. The van der Waals surface area contributed by atoms with Gasteiger partial charge < -0.3 is 16.0 Å². The van der Waals surface area contributed by atoms with Gasteiger partial charge >= 0.3 is 0 Å². The van der Waals surface area contributed by atoms with Crippen LogP contribution in [0.3, 0.4) is 0 Å². The Kier molecular flexibility index (Phi) is 6.39. The third-order valence-electron chi connectivity index (χ3n) is 3.90. The summed E-state index contributed by atoms with van der Waals surface area (Å²) in [6.07, 6.45) is 0.353. The summed E-state index contributed by atoms with van der Waals surface area (Å²) >= 11 is 0. The number of anilines is 3. The van der Waals surface area contributed by atoms with Crippen molar-refractivity contribution in [3.8, 4) is 0 Å².